The van der Waals surface area contributed by atoms with Crippen molar-refractivity contribution in [3.63, 3.8) is 0 Å². The minimum absolute atomic E-state index is 0.354. The van der Waals surface area contributed by atoms with Crippen molar-refractivity contribution in [2.24, 2.45) is 0 Å². The van der Waals surface area contributed by atoms with Gasteiger partial charge in [0.2, 0.25) is 0 Å². The zero-order valence-electron chi connectivity index (χ0n) is 11.0. The van der Waals surface area contributed by atoms with Crippen LogP contribution in [-0.4, -0.2) is 21.0 Å². The number of rotatable bonds is 5. The van der Waals surface area contributed by atoms with Crippen molar-refractivity contribution in [1.82, 2.24) is 9.97 Å². The number of aryl methyl sites for hydroxylation is 1. The Morgan fingerprint density at radius 1 is 1.40 bits per heavy atom. The average molecular weight is 270 g/mol. The molecule has 0 spiro atoms. The second kappa shape index (κ2) is 6.47. The molecule has 2 heterocycles. The van der Waals surface area contributed by atoms with Crippen LogP contribution in [0.1, 0.15) is 17.0 Å². The van der Waals surface area contributed by atoms with Gasteiger partial charge in [0.1, 0.15) is 18.1 Å². The van der Waals surface area contributed by atoms with Gasteiger partial charge in [0, 0.05) is 29.7 Å². The molecule has 20 heavy (non-hydrogen) atoms. The van der Waals surface area contributed by atoms with Gasteiger partial charge in [-0.05, 0) is 31.2 Å². The summed E-state index contributed by atoms with van der Waals surface area (Å²) in [6.45, 7) is 2.19. The number of aliphatic carboxylic acids is 1. The van der Waals surface area contributed by atoms with Crippen molar-refractivity contribution >= 4 is 12.0 Å². The molecule has 2 aromatic heterocycles. The normalized spacial score (nSPS) is 10.7. The van der Waals surface area contributed by atoms with Crippen LogP contribution in [0.3, 0.4) is 0 Å². The van der Waals surface area contributed by atoms with Crippen LogP contribution in [-0.2, 0) is 11.4 Å². The molecule has 0 saturated carbocycles. The van der Waals surface area contributed by atoms with Crippen molar-refractivity contribution in [2.45, 2.75) is 13.5 Å². The molecule has 0 unspecified atom stereocenters. The second-order valence-corrected chi connectivity index (χ2v) is 4.16. The van der Waals surface area contributed by atoms with Gasteiger partial charge in [0.15, 0.2) is 0 Å². The molecule has 0 bridgehead atoms. The summed E-state index contributed by atoms with van der Waals surface area (Å²) in [6.07, 6.45) is 5.87. The van der Waals surface area contributed by atoms with Crippen molar-refractivity contribution in [1.29, 1.82) is 0 Å². The number of pyridine rings is 2. The molecular formula is C15H14N2O3. The van der Waals surface area contributed by atoms with E-state index in [0.29, 0.717) is 18.1 Å². The zero-order valence-corrected chi connectivity index (χ0v) is 11.0. The summed E-state index contributed by atoms with van der Waals surface area (Å²) in [6, 6.07) is 7.33. The fourth-order valence-corrected chi connectivity index (χ4v) is 1.60. The van der Waals surface area contributed by atoms with Crippen LogP contribution in [0.4, 0.5) is 0 Å². The number of hydrogen-bond donors (Lipinski definition) is 1. The van der Waals surface area contributed by atoms with E-state index >= 15 is 0 Å². The molecule has 2 rings (SSSR count). The standard InChI is InChI=1S/C15H14N2O3/c1-11-4-6-14(13(17-11)5-7-15(18)19)20-10-12-3-2-8-16-9-12/h2-9H,10H2,1H3,(H,18,19). The second-order valence-electron chi connectivity index (χ2n) is 4.16. The highest BCUT2D eigenvalue weighted by Gasteiger charge is 2.04. The Morgan fingerprint density at radius 2 is 2.25 bits per heavy atom. The van der Waals surface area contributed by atoms with Crippen LogP contribution in [0, 0.1) is 6.92 Å². The highest BCUT2D eigenvalue weighted by Crippen LogP contribution is 2.19. The first kappa shape index (κ1) is 13.7. The number of nitrogens with zero attached hydrogens (tertiary/aromatic N) is 2. The van der Waals surface area contributed by atoms with Crippen molar-refractivity contribution in [3.05, 3.63) is 59.7 Å². The fraction of sp³-hybridized carbons (Fsp3) is 0.133. The summed E-state index contributed by atoms with van der Waals surface area (Å²) in [5, 5.41) is 8.68. The highest BCUT2D eigenvalue weighted by atomic mass is 16.5. The molecular weight excluding hydrogens is 256 g/mol. The number of carboxylic acids is 1. The topological polar surface area (TPSA) is 72.3 Å². The first-order chi connectivity index (χ1) is 9.65. The molecule has 0 aliphatic rings. The summed E-state index contributed by atoms with van der Waals surface area (Å²) in [7, 11) is 0. The largest absolute Gasteiger partial charge is 0.487 e. The molecule has 0 aliphatic carbocycles. The van der Waals surface area contributed by atoms with E-state index in [-0.39, 0.29) is 0 Å². The Balaban J connectivity index is 2.16. The lowest BCUT2D eigenvalue weighted by molar-refractivity contribution is -0.131. The van der Waals surface area contributed by atoms with E-state index in [1.807, 2.05) is 25.1 Å². The number of carboxylic acid groups (broad SMARTS) is 1. The fourth-order valence-electron chi connectivity index (χ4n) is 1.60. The Hall–Kier alpha value is -2.69. The molecule has 0 amide bonds. The molecule has 0 radical (unpaired) electrons. The third-order valence-corrected chi connectivity index (χ3v) is 2.53. The molecule has 5 heteroatoms. The van der Waals surface area contributed by atoms with Gasteiger partial charge in [-0.25, -0.2) is 9.78 Å². The van der Waals surface area contributed by atoms with Gasteiger partial charge in [-0.2, -0.15) is 0 Å². The molecule has 0 fully saturated rings. The molecule has 2 aromatic rings. The van der Waals surface area contributed by atoms with Gasteiger partial charge in [0.25, 0.3) is 0 Å². The van der Waals surface area contributed by atoms with E-state index in [1.54, 1.807) is 18.5 Å². The SMILES string of the molecule is Cc1ccc(OCc2cccnc2)c(C=CC(=O)O)n1. The van der Waals surface area contributed by atoms with E-state index in [1.165, 1.54) is 6.08 Å². The lowest BCUT2D eigenvalue weighted by Gasteiger charge is -2.09. The monoisotopic (exact) mass is 270 g/mol. The van der Waals surface area contributed by atoms with Crippen LogP contribution in [0.2, 0.25) is 0 Å². The number of hydrogen-bond acceptors (Lipinski definition) is 4. The Labute approximate surface area is 116 Å². The number of ether oxygens (including phenoxy) is 1. The predicted octanol–water partition coefficient (Wildman–Crippen LogP) is 2.46. The van der Waals surface area contributed by atoms with E-state index in [0.717, 1.165) is 17.3 Å². The molecule has 0 atom stereocenters. The third kappa shape index (κ3) is 3.91. The first-order valence-corrected chi connectivity index (χ1v) is 6.05. The summed E-state index contributed by atoms with van der Waals surface area (Å²) in [5.74, 6) is -0.483. The number of carbonyl (C=O) groups is 1. The van der Waals surface area contributed by atoms with Crippen LogP contribution < -0.4 is 4.74 Å². The Bertz CT molecular complexity index is 624. The molecule has 0 aromatic carbocycles. The highest BCUT2D eigenvalue weighted by molar-refractivity contribution is 5.85. The summed E-state index contributed by atoms with van der Waals surface area (Å²) in [5.41, 5.74) is 2.22. The lowest BCUT2D eigenvalue weighted by atomic mass is 10.2. The van der Waals surface area contributed by atoms with Crippen LogP contribution in [0.5, 0.6) is 5.75 Å². The van der Waals surface area contributed by atoms with Crippen LogP contribution in [0.15, 0.2) is 42.7 Å². The van der Waals surface area contributed by atoms with Crippen molar-refractivity contribution < 1.29 is 14.6 Å². The van der Waals surface area contributed by atoms with Gasteiger partial charge in [0.05, 0.1) is 0 Å². The zero-order chi connectivity index (χ0) is 14.4. The number of aromatic nitrogens is 2. The average Bonchev–Trinajstić information content (AvgIpc) is 2.45. The third-order valence-electron chi connectivity index (χ3n) is 2.53. The van der Waals surface area contributed by atoms with E-state index in [9.17, 15) is 4.79 Å². The van der Waals surface area contributed by atoms with E-state index in [4.69, 9.17) is 9.84 Å². The van der Waals surface area contributed by atoms with Crippen LogP contribution in [0.25, 0.3) is 6.08 Å². The summed E-state index contributed by atoms with van der Waals surface area (Å²) in [4.78, 5) is 18.9. The van der Waals surface area contributed by atoms with Gasteiger partial charge >= 0.3 is 5.97 Å². The quantitative estimate of drug-likeness (QED) is 0.845. The molecule has 0 aliphatic heterocycles. The molecule has 1 N–H and O–H groups in total. The molecule has 102 valence electrons. The van der Waals surface area contributed by atoms with Crippen molar-refractivity contribution in [3.8, 4) is 5.75 Å². The Kier molecular flexibility index (Phi) is 4.44. The maximum Gasteiger partial charge on any atom is 0.328 e. The van der Waals surface area contributed by atoms with Gasteiger partial charge in [-0.3, -0.25) is 4.98 Å². The smallest absolute Gasteiger partial charge is 0.328 e. The lowest BCUT2D eigenvalue weighted by Crippen LogP contribution is -1.99. The van der Waals surface area contributed by atoms with Gasteiger partial charge in [-0.1, -0.05) is 6.07 Å². The maximum absolute atomic E-state index is 10.6. The maximum atomic E-state index is 10.6. The minimum atomic E-state index is -1.02. The summed E-state index contributed by atoms with van der Waals surface area (Å²) >= 11 is 0. The Morgan fingerprint density at radius 3 is 2.95 bits per heavy atom. The molecule has 5 nitrogen and oxygen atoms in total. The van der Waals surface area contributed by atoms with Crippen molar-refractivity contribution in [2.75, 3.05) is 0 Å². The van der Waals surface area contributed by atoms with E-state index < -0.39 is 5.97 Å². The van der Waals surface area contributed by atoms with E-state index in [2.05, 4.69) is 9.97 Å². The minimum Gasteiger partial charge on any atom is -0.487 e. The van der Waals surface area contributed by atoms with Crippen LogP contribution >= 0.6 is 0 Å². The van der Waals surface area contributed by atoms with Gasteiger partial charge < -0.3 is 9.84 Å². The molecule has 0 saturated heterocycles. The first-order valence-electron chi connectivity index (χ1n) is 6.05. The predicted molar refractivity (Wildman–Crippen MR) is 74.2 cm³/mol. The summed E-state index contributed by atoms with van der Waals surface area (Å²) < 4.78 is 5.66. The van der Waals surface area contributed by atoms with Gasteiger partial charge in [-0.15, -0.1) is 0 Å².